The molecular weight excluding hydrogens is 444 g/mol. The maximum Gasteiger partial charge on any atom is 0.264 e. The molecule has 1 aromatic carbocycles. The number of unbranched alkanes of at least 4 members (excludes halogenated alkanes) is 4. The van der Waals surface area contributed by atoms with Crippen molar-refractivity contribution in [2.75, 3.05) is 13.2 Å². The Balaban J connectivity index is 2.19. The van der Waals surface area contributed by atoms with Crippen molar-refractivity contribution in [3.8, 4) is 5.75 Å². The molecule has 7 heteroatoms. The Morgan fingerprint density at radius 2 is 1.96 bits per heavy atom. The average molecular weight is 466 g/mol. The van der Waals surface area contributed by atoms with E-state index in [1.54, 1.807) is 6.07 Å². The fourth-order valence-electron chi connectivity index (χ4n) is 1.87. The van der Waals surface area contributed by atoms with Crippen LogP contribution in [-0.2, 0) is 4.79 Å². The van der Waals surface area contributed by atoms with Crippen LogP contribution in [-0.4, -0.2) is 24.2 Å². The molecule has 1 aromatic rings. The van der Waals surface area contributed by atoms with E-state index >= 15 is 0 Å². The van der Waals surface area contributed by atoms with Gasteiger partial charge in [-0.25, -0.2) is 0 Å². The molecule has 0 aliphatic rings. The second kappa shape index (κ2) is 11.8. The molecule has 0 bridgehead atoms. The number of amides is 1. The van der Waals surface area contributed by atoms with Gasteiger partial charge in [-0.3, -0.25) is 4.79 Å². The second-order valence-corrected chi connectivity index (χ2v) is 7.26. The Morgan fingerprint density at radius 3 is 2.65 bits per heavy atom. The van der Waals surface area contributed by atoms with E-state index in [0.717, 1.165) is 21.9 Å². The maximum atomic E-state index is 11.8. The number of ether oxygens (including phenoxy) is 1. The van der Waals surface area contributed by atoms with E-state index in [4.69, 9.17) is 17.0 Å². The average Bonchev–Trinajstić information content (AvgIpc) is 2.50. The lowest BCUT2D eigenvalue weighted by Crippen LogP contribution is -2.41. The van der Waals surface area contributed by atoms with Gasteiger partial charge in [-0.15, -0.1) is 0 Å². The first-order valence-electron chi connectivity index (χ1n) is 7.68. The summed E-state index contributed by atoms with van der Waals surface area (Å²) in [6.07, 6.45) is 5.98. The van der Waals surface area contributed by atoms with Gasteiger partial charge in [0.05, 0.1) is 4.47 Å². The summed E-state index contributed by atoms with van der Waals surface area (Å²) in [5, 5.41) is 6.00. The van der Waals surface area contributed by atoms with Crippen LogP contribution in [0.25, 0.3) is 0 Å². The largest absolute Gasteiger partial charge is 0.483 e. The molecule has 0 saturated heterocycles. The van der Waals surface area contributed by atoms with Crippen LogP contribution >= 0.6 is 44.1 Å². The third-order valence-corrected chi connectivity index (χ3v) is 4.43. The molecule has 0 radical (unpaired) electrons. The normalized spacial score (nSPS) is 10.2. The Hall–Kier alpha value is -0.660. The Kier molecular flexibility index (Phi) is 10.5. The number of thiocarbonyl (C=S) groups is 1. The highest BCUT2D eigenvalue weighted by Crippen LogP contribution is 2.27. The summed E-state index contributed by atoms with van der Waals surface area (Å²) >= 11 is 11.8. The molecule has 1 rings (SSSR count). The van der Waals surface area contributed by atoms with Crippen molar-refractivity contribution in [2.24, 2.45) is 0 Å². The van der Waals surface area contributed by atoms with E-state index in [1.807, 2.05) is 12.1 Å². The molecule has 0 aromatic heterocycles. The Labute approximate surface area is 160 Å². The highest BCUT2D eigenvalue weighted by molar-refractivity contribution is 9.11. The van der Waals surface area contributed by atoms with Crippen molar-refractivity contribution in [1.82, 2.24) is 10.6 Å². The highest BCUT2D eigenvalue weighted by atomic mass is 79.9. The predicted octanol–water partition coefficient (Wildman–Crippen LogP) is 4.55. The molecule has 0 fully saturated rings. The van der Waals surface area contributed by atoms with Crippen LogP contribution in [0.15, 0.2) is 27.1 Å². The summed E-state index contributed by atoms with van der Waals surface area (Å²) in [7, 11) is 0. The predicted molar refractivity (Wildman–Crippen MR) is 105 cm³/mol. The van der Waals surface area contributed by atoms with Crippen molar-refractivity contribution >= 4 is 55.1 Å². The SMILES string of the molecule is CCCCCCCNC(=S)NC(=O)COc1ccc(Br)cc1Br. The van der Waals surface area contributed by atoms with Gasteiger partial charge < -0.3 is 15.4 Å². The van der Waals surface area contributed by atoms with Crippen LogP contribution in [0.1, 0.15) is 39.0 Å². The van der Waals surface area contributed by atoms with Crippen LogP contribution in [0.2, 0.25) is 0 Å². The van der Waals surface area contributed by atoms with Crippen LogP contribution in [0, 0.1) is 0 Å². The van der Waals surface area contributed by atoms with E-state index in [9.17, 15) is 4.79 Å². The topological polar surface area (TPSA) is 50.4 Å². The van der Waals surface area contributed by atoms with E-state index in [2.05, 4.69) is 49.4 Å². The summed E-state index contributed by atoms with van der Waals surface area (Å²) in [4.78, 5) is 11.8. The molecule has 0 spiro atoms. The lowest BCUT2D eigenvalue weighted by molar-refractivity contribution is -0.121. The van der Waals surface area contributed by atoms with E-state index < -0.39 is 0 Å². The number of hydrogen-bond acceptors (Lipinski definition) is 3. The van der Waals surface area contributed by atoms with Crippen LogP contribution < -0.4 is 15.4 Å². The lowest BCUT2D eigenvalue weighted by Gasteiger charge is -2.11. The minimum Gasteiger partial charge on any atom is -0.483 e. The van der Waals surface area contributed by atoms with Gasteiger partial charge in [-0.2, -0.15) is 0 Å². The first-order chi connectivity index (χ1) is 11.0. The summed E-state index contributed by atoms with van der Waals surface area (Å²) in [6.45, 7) is 2.89. The standard InChI is InChI=1S/C16H22Br2N2O2S/c1-2-3-4-5-6-9-19-16(23)20-15(21)11-22-14-8-7-12(17)10-13(14)18/h7-8,10H,2-6,9,11H2,1H3,(H2,19,20,21,23). The zero-order valence-corrected chi connectivity index (χ0v) is 17.2. The fraction of sp³-hybridized carbons (Fsp3) is 0.500. The smallest absolute Gasteiger partial charge is 0.264 e. The quantitative estimate of drug-likeness (QED) is 0.414. The fourth-order valence-corrected chi connectivity index (χ4v) is 3.25. The summed E-state index contributed by atoms with van der Waals surface area (Å²) < 4.78 is 7.18. The summed E-state index contributed by atoms with van der Waals surface area (Å²) in [5.74, 6) is 0.335. The van der Waals surface area contributed by atoms with Gasteiger partial charge in [0.15, 0.2) is 11.7 Å². The van der Waals surface area contributed by atoms with Crippen molar-refractivity contribution in [2.45, 2.75) is 39.0 Å². The molecule has 0 heterocycles. The number of halogens is 2. The minimum absolute atomic E-state index is 0.0848. The molecule has 0 atom stereocenters. The molecule has 0 saturated carbocycles. The number of rotatable bonds is 9. The van der Waals surface area contributed by atoms with Crippen molar-refractivity contribution in [1.29, 1.82) is 0 Å². The van der Waals surface area contributed by atoms with Gasteiger partial charge in [-0.05, 0) is 52.8 Å². The van der Waals surface area contributed by atoms with Gasteiger partial charge in [0, 0.05) is 11.0 Å². The molecular formula is C16H22Br2N2O2S. The van der Waals surface area contributed by atoms with Gasteiger partial charge >= 0.3 is 0 Å². The third kappa shape index (κ3) is 9.27. The van der Waals surface area contributed by atoms with Gasteiger partial charge in [0.25, 0.3) is 5.91 Å². The number of carbonyl (C=O) groups excluding carboxylic acids is 1. The molecule has 4 nitrogen and oxygen atoms in total. The third-order valence-electron chi connectivity index (χ3n) is 3.07. The van der Waals surface area contributed by atoms with E-state index in [1.165, 1.54) is 25.7 Å². The zero-order chi connectivity index (χ0) is 17.1. The molecule has 128 valence electrons. The number of nitrogens with one attached hydrogen (secondary N) is 2. The molecule has 0 aliphatic carbocycles. The number of hydrogen-bond donors (Lipinski definition) is 2. The highest BCUT2D eigenvalue weighted by Gasteiger charge is 2.07. The van der Waals surface area contributed by atoms with Crippen molar-refractivity contribution in [3.05, 3.63) is 27.1 Å². The molecule has 1 amide bonds. The molecule has 23 heavy (non-hydrogen) atoms. The minimum atomic E-state index is -0.275. The molecule has 0 aliphatic heterocycles. The van der Waals surface area contributed by atoms with E-state index in [-0.39, 0.29) is 12.5 Å². The van der Waals surface area contributed by atoms with Crippen molar-refractivity contribution in [3.63, 3.8) is 0 Å². The first kappa shape index (κ1) is 20.4. The van der Waals surface area contributed by atoms with Gasteiger partial charge in [0.2, 0.25) is 0 Å². The zero-order valence-electron chi connectivity index (χ0n) is 13.2. The molecule has 0 unspecified atom stereocenters. The second-order valence-electron chi connectivity index (χ2n) is 5.08. The van der Waals surface area contributed by atoms with E-state index in [0.29, 0.717) is 10.9 Å². The Bertz CT molecular complexity index is 527. The number of carbonyl (C=O) groups is 1. The van der Waals surface area contributed by atoms with Gasteiger partial charge in [0.1, 0.15) is 5.75 Å². The maximum absolute atomic E-state index is 11.8. The number of benzene rings is 1. The van der Waals surface area contributed by atoms with Gasteiger partial charge in [-0.1, -0.05) is 48.5 Å². The Morgan fingerprint density at radius 1 is 1.22 bits per heavy atom. The van der Waals surface area contributed by atoms with Crippen LogP contribution in [0.3, 0.4) is 0 Å². The van der Waals surface area contributed by atoms with Crippen LogP contribution in [0.4, 0.5) is 0 Å². The summed E-state index contributed by atoms with van der Waals surface area (Å²) in [6, 6.07) is 5.50. The monoisotopic (exact) mass is 464 g/mol. The molecule has 2 N–H and O–H groups in total. The first-order valence-corrected chi connectivity index (χ1v) is 9.68. The van der Waals surface area contributed by atoms with Crippen molar-refractivity contribution < 1.29 is 9.53 Å². The lowest BCUT2D eigenvalue weighted by atomic mass is 10.1. The summed E-state index contributed by atoms with van der Waals surface area (Å²) in [5.41, 5.74) is 0. The van der Waals surface area contributed by atoms with Crippen LogP contribution in [0.5, 0.6) is 5.75 Å².